The molecule has 0 saturated heterocycles. The van der Waals surface area contributed by atoms with Crippen LogP contribution in [0.4, 0.5) is 0 Å². The van der Waals surface area contributed by atoms with E-state index < -0.39 is 6.04 Å². The van der Waals surface area contributed by atoms with E-state index in [4.69, 9.17) is 23.2 Å². The fraction of sp³-hybridized carbons (Fsp3) is 0.355. The summed E-state index contributed by atoms with van der Waals surface area (Å²) in [6.45, 7) is 0.235. The monoisotopic (exact) mass is 536 g/mol. The van der Waals surface area contributed by atoms with E-state index in [-0.39, 0.29) is 24.4 Å². The molecule has 4 rings (SSSR count). The maximum Gasteiger partial charge on any atom is 0.243 e. The van der Waals surface area contributed by atoms with Gasteiger partial charge in [-0.2, -0.15) is 0 Å². The molecule has 0 radical (unpaired) electrons. The van der Waals surface area contributed by atoms with Gasteiger partial charge in [-0.25, -0.2) is 0 Å². The first kappa shape index (κ1) is 27.2. The zero-order valence-electron chi connectivity index (χ0n) is 21.0. The van der Waals surface area contributed by atoms with Gasteiger partial charge in [0.1, 0.15) is 6.04 Å². The Balaban J connectivity index is 1.63. The predicted molar refractivity (Wildman–Crippen MR) is 151 cm³/mol. The molecular formula is C31H34Cl2N2O2. The highest BCUT2D eigenvalue weighted by Gasteiger charge is 2.32. The zero-order chi connectivity index (χ0) is 26.0. The van der Waals surface area contributed by atoms with Gasteiger partial charge in [0.2, 0.25) is 11.8 Å². The fourth-order valence-corrected chi connectivity index (χ4v) is 5.44. The number of carbonyl (C=O) groups excluding carboxylic acids is 2. The van der Waals surface area contributed by atoms with Gasteiger partial charge in [0.15, 0.2) is 0 Å². The predicted octanol–water partition coefficient (Wildman–Crippen LogP) is 7.02. The first-order valence-electron chi connectivity index (χ1n) is 13.1. The van der Waals surface area contributed by atoms with E-state index in [2.05, 4.69) is 5.32 Å². The average molecular weight is 538 g/mol. The number of hydrogen-bond acceptors (Lipinski definition) is 2. The van der Waals surface area contributed by atoms with Crippen LogP contribution < -0.4 is 5.32 Å². The number of benzene rings is 3. The van der Waals surface area contributed by atoms with Crippen LogP contribution in [0.15, 0.2) is 78.9 Å². The molecule has 6 heteroatoms. The van der Waals surface area contributed by atoms with Crippen LogP contribution >= 0.6 is 23.2 Å². The molecule has 194 valence electrons. The molecule has 1 N–H and O–H groups in total. The second-order valence-electron chi connectivity index (χ2n) is 9.79. The molecule has 4 nitrogen and oxygen atoms in total. The zero-order valence-corrected chi connectivity index (χ0v) is 22.6. The van der Waals surface area contributed by atoms with Crippen LogP contribution in [0.2, 0.25) is 10.0 Å². The summed E-state index contributed by atoms with van der Waals surface area (Å²) < 4.78 is 0. The van der Waals surface area contributed by atoms with Gasteiger partial charge in [-0.15, -0.1) is 0 Å². The van der Waals surface area contributed by atoms with Crippen molar-refractivity contribution in [3.63, 3.8) is 0 Å². The summed E-state index contributed by atoms with van der Waals surface area (Å²) in [5, 5.41) is 4.29. The second kappa shape index (κ2) is 13.6. The summed E-state index contributed by atoms with van der Waals surface area (Å²) in [7, 11) is 0. The van der Waals surface area contributed by atoms with E-state index in [1.54, 1.807) is 17.0 Å². The van der Waals surface area contributed by atoms with Crippen molar-refractivity contribution in [2.45, 2.75) is 70.0 Å². The molecule has 1 aliphatic rings. The minimum absolute atomic E-state index is 0.0744. The number of hydrogen-bond donors (Lipinski definition) is 1. The molecule has 37 heavy (non-hydrogen) atoms. The lowest BCUT2D eigenvalue weighted by molar-refractivity contribution is -0.141. The third kappa shape index (κ3) is 8.08. The Kier molecular flexibility index (Phi) is 10.0. The van der Waals surface area contributed by atoms with Crippen molar-refractivity contribution in [1.82, 2.24) is 10.2 Å². The highest BCUT2D eigenvalue weighted by atomic mass is 35.5. The molecule has 0 unspecified atom stereocenters. The third-order valence-corrected chi connectivity index (χ3v) is 7.64. The third-order valence-electron chi connectivity index (χ3n) is 7.05. The summed E-state index contributed by atoms with van der Waals surface area (Å²) in [6, 6.07) is 24.6. The van der Waals surface area contributed by atoms with Crippen molar-refractivity contribution in [1.29, 1.82) is 0 Å². The molecule has 0 spiro atoms. The Morgan fingerprint density at radius 3 is 2.16 bits per heavy atom. The van der Waals surface area contributed by atoms with E-state index in [1.807, 2.05) is 66.7 Å². The normalized spacial score (nSPS) is 14.6. The van der Waals surface area contributed by atoms with Crippen molar-refractivity contribution in [3.05, 3.63) is 106 Å². The van der Waals surface area contributed by atoms with Crippen LogP contribution in [0.1, 0.15) is 55.2 Å². The first-order valence-corrected chi connectivity index (χ1v) is 13.9. The summed E-state index contributed by atoms with van der Waals surface area (Å²) in [5.74, 6) is -0.177. The topological polar surface area (TPSA) is 49.4 Å². The number of amides is 2. The van der Waals surface area contributed by atoms with Crippen LogP contribution in [0.3, 0.4) is 0 Å². The molecule has 1 aliphatic carbocycles. The van der Waals surface area contributed by atoms with Crippen molar-refractivity contribution in [3.8, 4) is 0 Å². The molecule has 0 heterocycles. The molecule has 1 atom stereocenters. The SMILES string of the molecule is O=C(NC1CCCCC1)[C@@H](Cc1ccccc1)N(Cc1ccc(Cl)cc1Cl)C(=O)CCc1ccccc1. The van der Waals surface area contributed by atoms with Crippen molar-refractivity contribution < 1.29 is 9.59 Å². The first-order chi connectivity index (χ1) is 18.0. The lowest BCUT2D eigenvalue weighted by atomic mass is 9.94. The van der Waals surface area contributed by atoms with Gasteiger partial charge < -0.3 is 10.2 Å². The lowest BCUT2D eigenvalue weighted by Crippen LogP contribution is -2.53. The van der Waals surface area contributed by atoms with Gasteiger partial charge in [0.05, 0.1) is 0 Å². The molecule has 0 aromatic heterocycles. The smallest absolute Gasteiger partial charge is 0.243 e. The Hall–Kier alpha value is -2.82. The van der Waals surface area contributed by atoms with E-state index in [0.29, 0.717) is 29.3 Å². The number of nitrogens with zero attached hydrogens (tertiary/aromatic N) is 1. The Morgan fingerprint density at radius 1 is 0.865 bits per heavy atom. The average Bonchev–Trinajstić information content (AvgIpc) is 2.92. The van der Waals surface area contributed by atoms with E-state index in [1.165, 1.54) is 6.42 Å². The highest BCUT2D eigenvalue weighted by molar-refractivity contribution is 6.35. The maximum atomic E-state index is 13.8. The van der Waals surface area contributed by atoms with Crippen LogP contribution in [0.25, 0.3) is 0 Å². The van der Waals surface area contributed by atoms with Crippen molar-refractivity contribution in [2.75, 3.05) is 0 Å². The molecule has 1 fully saturated rings. The number of carbonyl (C=O) groups is 2. The summed E-state index contributed by atoms with van der Waals surface area (Å²) >= 11 is 12.7. The molecular weight excluding hydrogens is 503 g/mol. The minimum Gasteiger partial charge on any atom is -0.352 e. The number of halogens is 2. The van der Waals surface area contributed by atoms with Crippen LogP contribution in [0.5, 0.6) is 0 Å². The number of rotatable bonds is 10. The molecule has 3 aromatic carbocycles. The number of aryl methyl sites for hydroxylation is 1. The summed E-state index contributed by atoms with van der Waals surface area (Å²) in [4.78, 5) is 29.3. The van der Waals surface area contributed by atoms with Gasteiger partial charge in [-0.05, 0) is 48.1 Å². The fourth-order valence-electron chi connectivity index (χ4n) is 4.97. The van der Waals surface area contributed by atoms with Crippen molar-refractivity contribution >= 4 is 35.0 Å². The lowest BCUT2D eigenvalue weighted by Gasteiger charge is -2.34. The summed E-state index contributed by atoms with van der Waals surface area (Å²) in [5.41, 5.74) is 2.86. The van der Waals surface area contributed by atoms with Gasteiger partial charge >= 0.3 is 0 Å². The molecule has 0 aliphatic heterocycles. The largest absolute Gasteiger partial charge is 0.352 e. The Morgan fingerprint density at radius 2 is 1.51 bits per heavy atom. The van der Waals surface area contributed by atoms with Gasteiger partial charge in [-0.3, -0.25) is 9.59 Å². The second-order valence-corrected chi connectivity index (χ2v) is 10.6. The van der Waals surface area contributed by atoms with Gasteiger partial charge in [0.25, 0.3) is 0 Å². The molecule has 2 amide bonds. The van der Waals surface area contributed by atoms with Gasteiger partial charge in [0, 0.05) is 35.5 Å². The molecule has 0 bridgehead atoms. The Labute approximate surface area is 230 Å². The van der Waals surface area contributed by atoms with E-state index in [0.717, 1.165) is 42.4 Å². The van der Waals surface area contributed by atoms with Crippen LogP contribution in [-0.4, -0.2) is 28.8 Å². The van der Waals surface area contributed by atoms with Crippen molar-refractivity contribution in [2.24, 2.45) is 0 Å². The van der Waals surface area contributed by atoms with E-state index in [9.17, 15) is 9.59 Å². The maximum absolute atomic E-state index is 13.8. The Bertz CT molecular complexity index is 1160. The molecule has 1 saturated carbocycles. The van der Waals surface area contributed by atoms with Gasteiger partial charge in [-0.1, -0.05) is 109 Å². The minimum atomic E-state index is -0.653. The molecule has 3 aromatic rings. The standard InChI is InChI=1S/C31H34Cl2N2O2/c32-26-18-17-25(28(33)21-26)22-35(30(36)19-16-23-10-4-1-5-11-23)29(20-24-12-6-2-7-13-24)31(37)34-27-14-8-3-9-15-27/h1-2,4-7,10-13,17-18,21,27,29H,3,8-9,14-16,19-20,22H2,(H,34,37)/t29-/m1/s1. The highest BCUT2D eigenvalue weighted by Crippen LogP contribution is 2.25. The quantitative estimate of drug-likeness (QED) is 0.302. The van der Waals surface area contributed by atoms with E-state index >= 15 is 0 Å². The van der Waals surface area contributed by atoms with Crippen LogP contribution in [-0.2, 0) is 29.0 Å². The number of nitrogens with one attached hydrogen (secondary N) is 1. The summed E-state index contributed by atoms with van der Waals surface area (Å²) in [6.07, 6.45) is 6.75. The van der Waals surface area contributed by atoms with Crippen LogP contribution in [0, 0.1) is 0 Å².